The van der Waals surface area contributed by atoms with Gasteiger partial charge in [-0.15, -0.1) is 0 Å². The van der Waals surface area contributed by atoms with Gasteiger partial charge >= 0.3 is 47.8 Å². The van der Waals surface area contributed by atoms with Crippen LogP contribution in [0.1, 0.15) is 138 Å². The minimum Gasteiger partial charge on any atom is -0.479 e. The van der Waals surface area contributed by atoms with Gasteiger partial charge in [-0.1, -0.05) is 41.5 Å². The zero-order valence-electron chi connectivity index (χ0n) is 43.5. The molecule has 2 N–H and O–H groups in total. The molecule has 0 amide bonds. The number of aliphatic hydroxyl groups excluding tert-OH is 1. The van der Waals surface area contributed by atoms with E-state index >= 15 is 0 Å². The summed E-state index contributed by atoms with van der Waals surface area (Å²) in [6, 6.07) is 0. The standard InChI is InChI=1S/C22H40O9Si.C12H24O5Si.C10H18O5/c1-13(18(24)29-15(3)20(26)30-21(5,6)7)27-17(23)14(2)28-19(25)16(4)31-32(11,12)22(8,9)10;1-8(10(13)14)16-11(15)9(2)17-18(6,7)12(3,4)5;1-6(11)8(12)14-7(2)9(13)15-10(3,4)5/h13-16H,1-12H3;8-9H,1-7H3,(H,13,14);6-7,11H,1-5H3/t13-,14-,15-,16-;8-,9-;6-,7-/m000/s1. The maximum absolute atomic E-state index is 12.3. The number of aliphatic hydroxyl groups is 1. The monoisotopic (exact) mass is 970 g/mol. The van der Waals surface area contributed by atoms with Gasteiger partial charge in [0.05, 0.1) is 0 Å². The van der Waals surface area contributed by atoms with E-state index in [9.17, 15) is 38.4 Å². The Labute approximate surface area is 388 Å². The number of rotatable bonds is 17. The lowest BCUT2D eigenvalue weighted by Crippen LogP contribution is -2.46. The van der Waals surface area contributed by atoms with Gasteiger partial charge in [-0.05, 0) is 133 Å². The molecule has 8 atom stereocenters. The van der Waals surface area contributed by atoms with E-state index in [0.717, 1.165) is 0 Å². The Hall–Kier alpha value is -3.93. The molecule has 0 aliphatic carbocycles. The summed E-state index contributed by atoms with van der Waals surface area (Å²) in [7, 11) is -4.26. The van der Waals surface area contributed by atoms with Crippen molar-refractivity contribution in [2.24, 2.45) is 0 Å². The molecular weight excluding hydrogens is 889 g/mol. The van der Waals surface area contributed by atoms with Crippen LogP contribution in [0.25, 0.3) is 0 Å². The van der Waals surface area contributed by atoms with Gasteiger partial charge in [0, 0.05) is 0 Å². The van der Waals surface area contributed by atoms with Gasteiger partial charge in [-0.2, -0.15) is 0 Å². The molecule has 0 aromatic rings. The second-order valence-electron chi connectivity index (χ2n) is 20.5. The predicted molar refractivity (Wildman–Crippen MR) is 244 cm³/mol. The van der Waals surface area contributed by atoms with E-state index in [2.05, 4.69) is 25.5 Å². The third-order valence-corrected chi connectivity index (χ3v) is 18.6. The molecule has 0 aromatic carbocycles. The van der Waals surface area contributed by atoms with Crippen LogP contribution >= 0.6 is 0 Å². The molecule has 21 heteroatoms. The molecule has 0 fully saturated rings. The number of ether oxygens (including phenoxy) is 7. The summed E-state index contributed by atoms with van der Waals surface area (Å²) < 4.78 is 46.5. The van der Waals surface area contributed by atoms with Gasteiger partial charge in [0.15, 0.2) is 47.2 Å². The van der Waals surface area contributed by atoms with Crippen LogP contribution in [-0.2, 0) is 80.4 Å². The lowest BCUT2D eigenvalue weighted by molar-refractivity contribution is -0.185. The van der Waals surface area contributed by atoms with Crippen molar-refractivity contribution in [3.63, 3.8) is 0 Å². The topological polar surface area (TPSA) is 260 Å². The average molecular weight is 971 g/mol. The number of hydrogen-bond acceptors (Lipinski definition) is 18. The van der Waals surface area contributed by atoms with Crippen LogP contribution in [0.3, 0.4) is 0 Å². The van der Waals surface area contributed by atoms with E-state index in [-0.39, 0.29) is 10.1 Å². The smallest absolute Gasteiger partial charge is 0.347 e. The van der Waals surface area contributed by atoms with Crippen molar-refractivity contribution in [3.05, 3.63) is 0 Å². The van der Waals surface area contributed by atoms with Gasteiger partial charge in [-0.3, -0.25) is 0 Å². The number of aliphatic carboxylic acids is 1. The fourth-order valence-electron chi connectivity index (χ4n) is 3.70. The van der Waals surface area contributed by atoms with Crippen molar-refractivity contribution < 1.29 is 90.6 Å². The molecule has 0 unspecified atom stereocenters. The molecule has 0 rings (SSSR count). The number of esters is 7. The first-order valence-corrected chi connectivity index (χ1v) is 27.3. The molecular formula is C44H82O19Si2. The van der Waals surface area contributed by atoms with E-state index in [4.69, 9.17) is 47.5 Å². The Morgan fingerprint density at radius 3 is 0.800 bits per heavy atom. The summed E-state index contributed by atoms with van der Waals surface area (Å²) in [4.78, 5) is 93.2. The van der Waals surface area contributed by atoms with Crippen LogP contribution in [-0.4, -0.2) is 135 Å². The van der Waals surface area contributed by atoms with Crippen LogP contribution in [0.5, 0.6) is 0 Å². The third-order valence-electron chi connectivity index (χ3n) is 9.51. The molecule has 0 bridgehead atoms. The average Bonchev–Trinajstić information content (AvgIpc) is 3.08. The summed E-state index contributed by atoms with van der Waals surface area (Å²) in [6.07, 6.45) is -8.74. The maximum Gasteiger partial charge on any atom is 0.347 e. The predicted octanol–water partition coefficient (Wildman–Crippen LogP) is 6.59. The molecule has 0 radical (unpaired) electrons. The van der Waals surface area contributed by atoms with Crippen molar-refractivity contribution in [3.8, 4) is 0 Å². The SMILES string of the molecule is C[C@H](O)C(=O)O[C@@H](C)C(=O)OC(C)(C)C.C[C@H](OC(=O)[C@H](C)OC(=O)[C@H](C)O[Si](C)(C)C(C)(C)C)C(=O)O[C@@H](C)C(=O)OC(C)(C)C.C[C@H](OC(=O)[C@H](C)O[Si](C)(C)C(C)(C)C)C(=O)O. The maximum atomic E-state index is 12.3. The van der Waals surface area contributed by atoms with Gasteiger partial charge in [0.2, 0.25) is 0 Å². The summed E-state index contributed by atoms with van der Waals surface area (Å²) in [6.45, 7) is 41.7. The minimum atomic E-state index is -2.21. The van der Waals surface area contributed by atoms with E-state index in [1.54, 1.807) is 55.4 Å². The highest BCUT2D eigenvalue weighted by molar-refractivity contribution is 6.74. The zero-order valence-corrected chi connectivity index (χ0v) is 45.5. The lowest BCUT2D eigenvalue weighted by atomic mass is 10.2. The van der Waals surface area contributed by atoms with Crippen LogP contribution < -0.4 is 0 Å². The van der Waals surface area contributed by atoms with E-state index in [0.29, 0.717) is 0 Å². The molecule has 0 saturated carbocycles. The minimum absolute atomic E-state index is 0.0139. The molecule has 0 spiro atoms. The molecule has 65 heavy (non-hydrogen) atoms. The summed E-state index contributed by atoms with van der Waals surface area (Å²) in [5.74, 6) is -6.53. The van der Waals surface area contributed by atoms with Crippen molar-refractivity contribution >= 4 is 64.4 Å². The zero-order chi connectivity index (χ0) is 52.6. The van der Waals surface area contributed by atoms with Crippen LogP contribution in [0.4, 0.5) is 0 Å². The van der Waals surface area contributed by atoms with Gasteiger partial charge < -0.3 is 52.2 Å². The second kappa shape index (κ2) is 26.4. The molecule has 380 valence electrons. The Balaban J connectivity index is -0.000000980. The van der Waals surface area contributed by atoms with E-state index < -0.39 is 124 Å². The Kier molecular flexibility index (Phi) is 26.6. The number of carbonyl (C=O) groups excluding carboxylic acids is 7. The van der Waals surface area contributed by atoms with E-state index in [1.165, 1.54) is 41.5 Å². The molecule has 0 heterocycles. The quantitative estimate of drug-likeness (QED) is 0.0885. The number of carboxylic acids is 1. The highest BCUT2D eigenvalue weighted by Gasteiger charge is 2.42. The summed E-state index contributed by atoms with van der Waals surface area (Å²) >= 11 is 0. The molecule has 0 aliphatic heterocycles. The largest absolute Gasteiger partial charge is 0.479 e. The Morgan fingerprint density at radius 2 is 0.585 bits per heavy atom. The first-order chi connectivity index (χ1) is 28.7. The lowest BCUT2D eigenvalue weighted by Gasteiger charge is -2.37. The molecule has 0 aliphatic rings. The Morgan fingerprint density at radius 1 is 0.369 bits per heavy atom. The highest BCUT2D eigenvalue weighted by atomic mass is 28.4. The number of carbonyl (C=O) groups is 8. The van der Waals surface area contributed by atoms with Crippen LogP contribution in [0.2, 0.25) is 36.3 Å². The molecule has 0 saturated heterocycles. The number of carboxylic acid groups (broad SMARTS) is 1. The molecule has 19 nitrogen and oxygen atoms in total. The van der Waals surface area contributed by atoms with Gasteiger partial charge in [0.1, 0.15) is 29.5 Å². The second-order valence-corrected chi connectivity index (χ2v) is 30.0. The normalized spacial score (nSPS) is 16.0. The van der Waals surface area contributed by atoms with Crippen molar-refractivity contribution in [1.29, 1.82) is 0 Å². The fraction of sp³-hybridized carbons (Fsp3) is 0.818. The fourth-order valence-corrected chi connectivity index (χ4v) is 6.37. The van der Waals surface area contributed by atoms with Crippen LogP contribution in [0.15, 0.2) is 0 Å². The highest BCUT2D eigenvalue weighted by Crippen LogP contribution is 2.38. The first kappa shape index (κ1) is 65.4. The summed E-state index contributed by atoms with van der Waals surface area (Å²) in [5, 5.41) is 17.4. The van der Waals surface area contributed by atoms with Gasteiger partial charge in [0.25, 0.3) is 0 Å². The molecule has 0 aromatic heterocycles. The third kappa shape index (κ3) is 27.3. The van der Waals surface area contributed by atoms with Crippen LogP contribution in [0, 0.1) is 0 Å². The summed E-state index contributed by atoms with van der Waals surface area (Å²) in [5.41, 5.74) is -1.36. The van der Waals surface area contributed by atoms with Crippen molar-refractivity contribution in [2.75, 3.05) is 0 Å². The van der Waals surface area contributed by atoms with Gasteiger partial charge in [-0.25, -0.2) is 38.4 Å². The van der Waals surface area contributed by atoms with E-state index in [1.807, 2.05) is 47.0 Å². The number of hydrogen-bond donors (Lipinski definition) is 2. The van der Waals surface area contributed by atoms with Crippen molar-refractivity contribution in [2.45, 2.75) is 235 Å². The Bertz CT molecular complexity index is 1600. The van der Waals surface area contributed by atoms with Crippen molar-refractivity contribution in [1.82, 2.24) is 0 Å². The first-order valence-electron chi connectivity index (χ1n) is 21.4.